The van der Waals surface area contributed by atoms with Crippen molar-refractivity contribution in [1.82, 2.24) is 19.1 Å². The molecule has 3 rings (SSSR count). The minimum Gasteiger partial charge on any atom is -0.390 e. The molecule has 1 fully saturated rings. The van der Waals surface area contributed by atoms with Crippen molar-refractivity contribution in [2.24, 2.45) is 0 Å². The number of aromatic nitrogens is 4. The highest BCUT2D eigenvalue weighted by Crippen LogP contribution is 2.32. The number of imidazole rings is 1. The zero-order valence-corrected chi connectivity index (χ0v) is 14.2. The molecule has 10 heteroatoms. The Labute approximate surface area is 142 Å². The predicted molar refractivity (Wildman–Crippen MR) is 90.1 cm³/mol. The van der Waals surface area contributed by atoms with E-state index in [-0.39, 0.29) is 23.5 Å². The second-order valence-corrected chi connectivity index (χ2v) is 6.27. The summed E-state index contributed by atoms with van der Waals surface area (Å²) in [6, 6.07) is 0. The molecule has 3 heterocycles. The Morgan fingerprint density at radius 1 is 1.44 bits per heavy atom. The first kappa shape index (κ1) is 17.6. The van der Waals surface area contributed by atoms with Gasteiger partial charge in [0.2, 0.25) is 5.95 Å². The third-order valence-corrected chi connectivity index (χ3v) is 4.50. The number of aryl methyl sites for hydroxylation is 1. The lowest BCUT2D eigenvalue weighted by atomic mass is 10.1. The minimum atomic E-state index is -1.03. The van der Waals surface area contributed by atoms with Crippen LogP contribution in [-0.4, -0.2) is 47.6 Å². The summed E-state index contributed by atoms with van der Waals surface area (Å²) < 4.78 is 8.19. The number of aliphatic hydroxyl groups excluding tert-OH is 2. The molecule has 0 aromatic carbocycles. The number of nitrogens with zero attached hydrogens (tertiary/aromatic N) is 3. The zero-order chi connectivity index (χ0) is 18.3. The fourth-order valence-corrected chi connectivity index (χ4v) is 3.28. The van der Waals surface area contributed by atoms with Crippen molar-refractivity contribution >= 4 is 17.1 Å². The average molecular weight is 353 g/mol. The Hall–Kier alpha value is -2.17. The van der Waals surface area contributed by atoms with Crippen LogP contribution in [0.4, 0.5) is 5.95 Å². The monoisotopic (exact) mass is 353 g/mol. The van der Waals surface area contributed by atoms with Crippen molar-refractivity contribution < 1.29 is 14.9 Å². The lowest BCUT2D eigenvalue weighted by Crippen LogP contribution is -2.32. The molecule has 0 bridgehead atoms. The molecule has 2 aromatic rings. The van der Waals surface area contributed by atoms with Gasteiger partial charge in [-0.3, -0.25) is 14.3 Å². The maximum Gasteiger partial charge on any atom is 0.332 e. The van der Waals surface area contributed by atoms with E-state index in [0.29, 0.717) is 19.4 Å². The van der Waals surface area contributed by atoms with Crippen LogP contribution in [0, 0.1) is 0 Å². The van der Waals surface area contributed by atoms with Gasteiger partial charge in [0.15, 0.2) is 17.4 Å². The lowest BCUT2D eigenvalue weighted by molar-refractivity contribution is -0.0760. The number of ether oxygens (including phenoxy) is 1. The summed E-state index contributed by atoms with van der Waals surface area (Å²) in [4.78, 5) is 31.6. The Bertz CT molecular complexity index is 885. The molecule has 1 saturated heterocycles. The van der Waals surface area contributed by atoms with E-state index in [2.05, 4.69) is 9.97 Å². The summed E-state index contributed by atoms with van der Waals surface area (Å²) in [5.74, 6) is -0.127. The van der Waals surface area contributed by atoms with E-state index in [4.69, 9.17) is 10.5 Å². The Morgan fingerprint density at radius 3 is 2.80 bits per heavy atom. The molecule has 1 aliphatic rings. The van der Waals surface area contributed by atoms with Crippen molar-refractivity contribution in [2.75, 3.05) is 5.73 Å². The fourth-order valence-electron chi connectivity index (χ4n) is 3.28. The van der Waals surface area contributed by atoms with Gasteiger partial charge in [-0.15, -0.1) is 0 Å². The summed E-state index contributed by atoms with van der Waals surface area (Å²) in [6.45, 7) is 4.00. The lowest BCUT2D eigenvalue weighted by Gasteiger charge is -2.18. The van der Waals surface area contributed by atoms with Gasteiger partial charge in [0.05, 0.1) is 12.2 Å². The SMILES string of the molecule is CCCn1c(=O)n([C@@H]2O[C@H](C(O)CC)C[C@H]2O)c2nc(N)[nH]c(=O)c21. The van der Waals surface area contributed by atoms with Crippen LogP contribution in [0.3, 0.4) is 0 Å². The summed E-state index contributed by atoms with van der Waals surface area (Å²) in [7, 11) is 0. The molecule has 0 radical (unpaired) electrons. The number of nitrogens with one attached hydrogen (secondary N) is 1. The Balaban J connectivity index is 2.18. The van der Waals surface area contributed by atoms with Crippen LogP contribution in [0.5, 0.6) is 0 Å². The Morgan fingerprint density at radius 2 is 2.16 bits per heavy atom. The summed E-state index contributed by atoms with van der Waals surface area (Å²) in [5.41, 5.74) is 4.75. The predicted octanol–water partition coefficient (Wildman–Crippen LogP) is -0.702. The van der Waals surface area contributed by atoms with Crippen molar-refractivity contribution in [2.45, 2.75) is 64.2 Å². The van der Waals surface area contributed by atoms with Gasteiger partial charge >= 0.3 is 5.69 Å². The van der Waals surface area contributed by atoms with Crippen LogP contribution in [0.1, 0.15) is 39.3 Å². The highest BCUT2D eigenvalue weighted by molar-refractivity contribution is 5.71. The van der Waals surface area contributed by atoms with Crippen LogP contribution < -0.4 is 17.0 Å². The molecule has 1 unspecified atom stereocenters. The highest BCUT2D eigenvalue weighted by Gasteiger charge is 2.40. The number of nitrogens with two attached hydrogens (primary N) is 1. The van der Waals surface area contributed by atoms with Crippen LogP contribution in [0.15, 0.2) is 9.59 Å². The molecule has 2 aromatic heterocycles. The fraction of sp³-hybridized carbons (Fsp3) is 0.667. The first-order valence-corrected chi connectivity index (χ1v) is 8.41. The molecule has 5 N–H and O–H groups in total. The summed E-state index contributed by atoms with van der Waals surface area (Å²) in [6.07, 6.45) is -2.11. The molecule has 25 heavy (non-hydrogen) atoms. The molecular weight excluding hydrogens is 330 g/mol. The third-order valence-electron chi connectivity index (χ3n) is 4.50. The first-order chi connectivity index (χ1) is 11.9. The Kier molecular flexibility index (Phi) is 4.67. The van der Waals surface area contributed by atoms with Crippen LogP contribution in [0.2, 0.25) is 0 Å². The van der Waals surface area contributed by atoms with E-state index in [1.54, 1.807) is 6.92 Å². The van der Waals surface area contributed by atoms with Gasteiger partial charge in [0.25, 0.3) is 5.56 Å². The van der Waals surface area contributed by atoms with Gasteiger partial charge in [0, 0.05) is 13.0 Å². The maximum absolute atomic E-state index is 12.9. The van der Waals surface area contributed by atoms with Gasteiger partial charge in [-0.25, -0.2) is 9.36 Å². The molecule has 1 aliphatic heterocycles. The van der Waals surface area contributed by atoms with Crippen molar-refractivity contribution in [3.05, 3.63) is 20.8 Å². The van der Waals surface area contributed by atoms with E-state index < -0.39 is 35.8 Å². The number of aromatic amines is 1. The molecule has 10 nitrogen and oxygen atoms in total. The summed E-state index contributed by atoms with van der Waals surface area (Å²) in [5, 5.41) is 20.3. The molecular formula is C15H23N5O5. The minimum absolute atomic E-state index is 0.0652. The smallest absolute Gasteiger partial charge is 0.332 e. The molecule has 0 amide bonds. The van der Waals surface area contributed by atoms with Gasteiger partial charge < -0.3 is 20.7 Å². The van der Waals surface area contributed by atoms with Gasteiger partial charge in [-0.1, -0.05) is 13.8 Å². The molecule has 0 saturated carbocycles. The van der Waals surface area contributed by atoms with E-state index in [0.717, 1.165) is 4.57 Å². The number of rotatable bonds is 5. The van der Waals surface area contributed by atoms with Crippen molar-refractivity contribution in [3.8, 4) is 0 Å². The zero-order valence-electron chi connectivity index (χ0n) is 14.2. The quantitative estimate of drug-likeness (QED) is 0.555. The molecule has 0 aliphatic carbocycles. The number of fused-ring (bicyclic) bond motifs is 1. The normalized spacial score (nSPS) is 24.9. The maximum atomic E-state index is 12.9. The van der Waals surface area contributed by atoms with E-state index in [1.807, 2.05) is 6.92 Å². The van der Waals surface area contributed by atoms with E-state index >= 15 is 0 Å². The third kappa shape index (κ3) is 2.86. The second kappa shape index (κ2) is 6.62. The van der Waals surface area contributed by atoms with Gasteiger partial charge in [-0.2, -0.15) is 4.98 Å². The van der Waals surface area contributed by atoms with Gasteiger partial charge in [0.1, 0.15) is 6.10 Å². The molecule has 0 spiro atoms. The number of nitrogen functional groups attached to an aromatic ring is 1. The second-order valence-electron chi connectivity index (χ2n) is 6.27. The number of hydrogen-bond donors (Lipinski definition) is 4. The first-order valence-electron chi connectivity index (χ1n) is 8.41. The summed E-state index contributed by atoms with van der Waals surface area (Å²) >= 11 is 0. The van der Waals surface area contributed by atoms with Crippen LogP contribution >= 0.6 is 0 Å². The number of H-pyrrole nitrogens is 1. The highest BCUT2D eigenvalue weighted by atomic mass is 16.5. The van der Waals surface area contributed by atoms with Gasteiger partial charge in [-0.05, 0) is 12.8 Å². The number of hydrogen-bond acceptors (Lipinski definition) is 7. The van der Waals surface area contributed by atoms with Crippen LogP contribution in [0.25, 0.3) is 11.2 Å². The van der Waals surface area contributed by atoms with E-state index in [1.165, 1.54) is 4.57 Å². The largest absolute Gasteiger partial charge is 0.390 e. The van der Waals surface area contributed by atoms with Crippen LogP contribution in [-0.2, 0) is 11.3 Å². The standard InChI is InChI=1S/C15H23N5O5/c1-3-5-19-10-11(17-14(16)18-12(10)23)20(15(19)24)13-8(22)6-9(25-13)7(21)4-2/h7-9,13,21-22H,3-6H2,1-2H3,(H3,16,17,18,23)/t7?,8-,9+,13-/m1/s1. The molecule has 138 valence electrons. The van der Waals surface area contributed by atoms with Crippen molar-refractivity contribution in [3.63, 3.8) is 0 Å². The number of anilines is 1. The number of aliphatic hydroxyl groups is 2. The molecule has 4 atom stereocenters. The average Bonchev–Trinajstić information content (AvgIpc) is 3.05. The topological polar surface area (TPSA) is 148 Å². The van der Waals surface area contributed by atoms with Crippen molar-refractivity contribution in [1.29, 1.82) is 0 Å². The van der Waals surface area contributed by atoms with E-state index in [9.17, 15) is 19.8 Å².